The Morgan fingerprint density at radius 2 is 1.93 bits per heavy atom. The molecule has 0 saturated carbocycles. The number of aromatic amines is 1. The van der Waals surface area contributed by atoms with Gasteiger partial charge in [0.15, 0.2) is 0 Å². The lowest BCUT2D eigenvalue weighted by atomic mass is 10.1. The highest BCUT2D eigenvalue weighted by Gasteiger charge is 2.10. The first kappa shape index (κ1) is 18.0. The number of aromatic nitrogens is 2. The first-order chi connectivity index (χ1) is 13.1. The van der Waals surface area contributed by atoms with Gasteiger partial charge in [0.2, 0.25) is 0 Å². The van der Waals surface area contributed by atoms with Crippen LogP contribution < -0.4 is 5.43 Å². The largest absolute Gasteiger partial charge is 0.289 e. The maximum absolute atomic E-state index is 12.1. The van der Waals surface area contributed by atoms with E-state index in [1.807, 2.05) is 24.3 Å². The van der Waals surface area contributed by atoms with Crippen LogP contribution in [0.25, 0.3) is 11.3 Å². The Bertz CT molecular complexity index is 975. The number of hydrogen-bond donors (Lipinski definition) is 2. The van der Waals surface area contributed by atoms with Crippen molar-refractivity contribution in [3.05, 3.63) is 81.5 Å². The number of nitro benzene ring substituents is 1. The molecule has 0 unspecified atom stereocenters. The minimum absolute atomic E-state index is 0.00635. The van der Waals surface area contributed by atoms with Gasteiger partial charge in [0.25, 0.3) is 11.6 Å². The van der Waals surface area contributed by atoms with E-state index < -0.39 is 10.8 Å². The Morgan fingerprint density at radius 1 is 1.22 bits per heavy atom. The molecule has 1 aromatic heterocycles. The van der Waals surface area contributed by atoms with Crippen LogP contribution in [0.1, 0.15) is 28.5 Å². The number of hydrogen-bond acceptors (Lipinski definition) is 5. The highest BCUT2D eigenvalue weighted by Crippen LogP contribution is 2.18. The van der Waals surface area contributed by atoms with Gasteiger partial charge in [0.1, 0.15) is 5.69 Å². The summed E-state index contributed by atoms with van der Waals surface area (Å²) < 4.78 is 0. The molecule has 0 spiro atoms. The molecule has 0 aliphatic heterocycles. The van der Waals surface area contributed by atoms with E-state index in [1.54, 1.807) is 18.2 Å². The van der Waals surface area contributed by atoms with Crippen molar-refractivity contribution in [3.63, 3.8) is 0 Å². The van der Waals surface area contributed by atoms with Crippen molar-refractivity contribution in [1.82, 2.24) is 15.6 Å². The highest BCUT2D eigenvalue weighted by atomic mass is 16.6. The van der Waals surface area contributed by atoms with Gasteiger partial charge >= 0.3 is 0 Å². The van der Waals surface area contributed by atoms with E-state index in [1.165, 1.54) is 23.9 Å². The summed E-state index contributed by atoms with van der Waals surface area (Å²) in [6, 6.07) is 15.5. The number of rotatable bonds is 6. The molecular weight excluding hydrogens is 346 g/mol. The second-order valence-electron chi connectivity index (χ2n) is 5.77. The number of carbonyl (C=O) groups is 1. The minimum Gasteiger partial charge on any atom is -0.272 e. The van der Waals surface area contributed by atoms with E-state index in [-0.39, 0.29) is 11.4 Å². The topological polar surface area (TPSA) is 113 Å². The molecule has 0 radical (unpaired) electrons. The van der Waals surface area contributed by atoms with Gasteiger partial charge in [0, 0.05) is 17.7 Å². The standard InChI is InChI=1S/C19H17N5O3/c1-2-13-3-7-15(8-4-13)17-11-18(22-21-17)19(25)23-20-12-14-5-9-16(10-6-14)24(26)27/h3-12H,2H2,1H3,(H,21,22)(H,23,25). The lowest BCUT2D eigenvalue weighted by Gasteiger charge is -1.98. The summed E-state index contributed by atoms with van der Waals surface area (Å²) in [5, 5.41) is 21.3. The quantitative estimate of drug-likeness (QED) is 0.397. The number of aryl methyl sites for hydroxylation is 1. The van der Waals surface area contributed by atoms with Crippen LogP contribution in [0.2, 0.25) is 0 Å². The van der Waals surface area contributed by atoms with Gasteiger partial charge in [-0.25, -0.2) is 5.43 Å². The van der Waals surface area contributed by atoms with Crippen molar-refractivity contribution < 1.29 is 9.72 Å². The smallest absolute Gasteiger partial charge is 0.272 e. The van der Waals surface area contributed by atoms with Gasteiger partial charge in [-0.15, -0.1) is 0 Å². The zero-order chi connectivity index (χ0) is 19.2. The van der Waals surface area contributed by atoms with Gasteiger partial charge in [-0.05, 0) is 35.7 Å². The molecule has 2 N–H and O–H groups in total. The Labute approximate surface area is 155 Å². The molecule has 1 amide bonds. The summed E-state index contributed by atoms with van der Waals surface area (Å²) in [6.07, 6.45) is 2.36. The van der Waals surface area contributed by atoms with Crippen LogP contribution in [0, 0.1) is 10.1 Å². The molecule has 0 fully saturated rings. The maximum Gasteiger partial charge on any atom is 0.289 e. The Hall–Kier alpha value is -3.81. The number of non-ortho nitro benzene ring substituents is 1. The summed E-state index contributed by atoms with van der Waals surface area (Å²) in [4.78, 5) is 22.3. The summed E-state index contributed by atoms with van der Waals surface area (Å²) in [7, 11) is 0. The lowest BCUT2D eigenvalue weighted by Crippen LogP contribution is -2.17. The third-order valence-corrected chi connectivity index (χ3v) is 3.96. The third-order valence-electron chi connectivity index (χ3n) is 3.96. The van der Waals surface area contributed by atoms with E-state index in [2.05, 4.69) is 27.6 Å². The molecular formula is C19H17N5O3. The zero-order valence-electron chi connectivity index (χ0n) is 14.5. The van der Waals surface area contributed by atoms with Crippen molar-refractivity contribution in [2.24, 2.45) is 5.10 Å². The number of carbonyl (C=O) groups excluding carboxylic acids is 1. The molecule has 2 aromatic carbocycles. The molecule has 3 aromatic rings. The van der Waals surface area contributed by atoms with Gasteiger partial charge in [-0.1, -0.05) is 31.2 Å². The first-order valence-corrected chi connectivity index (χ1v) is 8.29. The predicted molar refractivity (Wildman–Crippen MR) is 102 cm³/mol. The lowest BCUT2D eigenvalue weighted by molar-refractivity contribution is -0.384. The number of hydrazone groups is 1. The maximum atomic E-state index is 12.1. The number of benzene rings is 2. The SMILES string of the molecule is CCc1ccc(-c2cc(C(=O)NN=Cc3ccc([N+](=O)[O-])cc3)[nH]n2)cc1. The molecule has 8 heteroatoms. The number of H-pyrrole nitrogens is 1. The minimum atomic E-state index is -0.478. The summed E-state index contributed by atoms with van der Waals surface area (Å²) >= 11 is 0. The fraction of sp³-hybridized carbons (Fsp3) is 0.105. The molecule has 0 bridgehead atoms. The summed E-state index contributed by atoms with van der Waals surface area (Å²) in [6.45, 7) is 2.09. The van der Waals surface area contributed by atoms with Gasteiger partial charge in [-0.3, -0.25) is 20.0 Å². The van der Waals surface area contributed by atoms with E-state index in [0.29, 0.717) is 11.3 Å². The summed E-state index contributed by atoms with van der Waals surface area (Å²) in [5.41, 5.74) is 6.11. The van der Waals surface area contributed by atoms with Crippen LogP contribution in [0.15, 0.2) is 59.7 Å². The Balaban J connectivity index is 1.62. The molecule has 3 rings (SSSR count). The molecule has 0 atom stereocenters. The van der Waals surface area contributed by atoms with E-state index in [9.17, 15) is 14.9 Å². The number of amides is 1. The molecule has 27 heavy (non-hydrogen) atoms. The predicted octanol–water partition coefficient (Wildman–Crippen LogP) is 3.31. The zero-order valence-corrected chi connectivity index (χ0v) is 14.5. The van der Waals surface area contributed by atoms with Gasteiger partial charge < -0.3 is 0 Å². The molecule has 0 saturated heterocycles. The fourth-order valence-corrected chi connectivity index (χ4v) is 2.40. The van der Waals surface area contributed by atoms with Crippen LogP contribution in [-0.4, -0.2) is 27.2 Å². The van der Waals surface area contributed by atoms with E-state index in [0.717, 1.165) is 12.0 Å². The van der Waals surface area contributed by atoms with E-state index in [4.69, 9.17) is 0 Å². The van der Waals surface area contributed by atoms with Crippen LogP contribution in [0.3, 0.4) is 0 Å². The van der Waals surface area contributed by atoms with Crippen LogP contribution in [0.4, 0.5) is 5.69 Å². The number of nitrogens with one attached hydrogen (secondary N) is 2. The highest BCUT2D eigenvalue weighted by molar-refractivity contribution is 5.94. The molecule has 0 aliphatic rings. The van der Waals surface area contributed by atoms with Crippen molar-refractivity contribution in [2.45, 2.75) is 13.3 Å². The van der Waals surface area contributed by atoms with Crippen molar-refractivity contribution in [2.75, 3.05) is 0 Å². The normalized spacial score (nSPS) is 10.9. The average Bonchev–Trinajstić information content (AvgIpc) is 3.19. The Kier molecular flexibility index (Phi) is 5.36. The van der Waals surface area contributed by atoms with Crippen molar-refractivity contribution in [3.8, 4) is 11.3 Å². The molecule has 8 nitrogen and oxygen atoms in total. The summed E-state index contributed by atoms with van der Waals surface area (Å²) in [5.74, 6) is -0.433. The third kappa shape index (κ3) is 4.43. The van der Waals surface area contributed by atoms with Gasteiger partial charge in [-0.2, -0.15) is 10.2 Å². The average molecular weight is 363 g/mol. The second kappa shape index (κ2) is 8.05. The second-order valence-corrected chi connectivity index (χ2v) is 5.77. The van der Waals surface area contributed by atoms with E-state index >= 15 is 0 Å². The monoisotopic (exact) mass is 363 g/mol. The number of nitro groups is 1. The number of nitrogens with zero attached hydrogens (tertiary/aromatic N) is 3. The fourth-order valence-electron chi connectivity index (χ4n) is 2.40. The Morgan fingerprint density at radius 3 is 2.56 bits per heavy atom. The first-order valence-electron chi connectivity index (χ1n) is 8.29. The van der Waals surface area contributed by atoms with Crippen molar-refractivity contribution in [1.29, 1.82) is 0 Å². The van der Waals surface area contributed by atoms with Gasteiger partial charge in [0.05, 0.1) is 16.8 Å². The van der Waals surface area contributed by atoms with Crippen LogP contribution in [0.5, 0.6) is 0 Å². The van der Waals surface area contributed by atoms with Crippen LogP contribution in [-0.2, 0) is 6.42 Å². The molecule has 136 valence electrons. The molecule has 1 heterocycles. The van der Waals surface area contributed by atoms with Crippen LogP contribution >= 0.6 is 0 Å². The van der Waals surface area contributed by atoms with Crippen molar-refractivity contribution >= 4 is 17.8 Å². The molecule has 0 aliphatic carbocycles.